The smallest absolute Gasteiger partial charge is 0.233 e. The molecule has 4 heterocycles. The average molecular weight is 564 g/mol. The van der Waals surface area contributed by atoms with Crippen LogP contribution in [0.5, 0.6) is 0 Å². The number of imidazole rings is 1. The summed E-state index contributed by atoms with van der Waals surface area (Å²) in [5.41, 5.74) is 1.89. The van der Waals surface area contributed by atoms with Gasteiger partial charge >= 0.3 is 0 Å². The van der Waals surface area contributed by atoms with Crippen LogP contribution in [-0.2, 0) is 14.3 Å². The van der Waals surface area contributed by atoms with Crippen molar-refractivity contribution in [3.8, 4) is 22.6 Å². The molecule has 0 unspecified atom stereocenters. The van der Waals surface area contributed by atoms with Gasteiger partial charge in [-0.1, -0.05) is 19.3 Å². The summed E-state index contributed by atoms with van der Waals surface area (Å²) in [5, 5.41) is 3.48. The summed E-state index contributed by atoms with van der Waals surface area (Å²) < 4.78 is 26.0. The minimum absolute atomic E-state index is 0.0511. The third kappa shape index (κ3) is 6.12. The van der Waals surface area contributed by atoms with Crippen molar-refractivity contribution in [2.24, 2.45) is 5.41 Å². The Bertz CT molecular complexity index is 1340. The molecule has 0 atom stereocenters. The third-order valence-corrected chi connectivity index (χ3v) is 8.33. The molecular weight excluding hydrogens is 525 g/mol. The maximum Gasteiger partial charge on any atom is 0.233 e. The molecule has 2 N–H and O–H groups in total. The number of anilines is 1. The number of rotatable bonds is 6. The van der Waals surface area contributed by atoms with Crippen molar-refractivity contribution in [3.63, 3.8) is 0 Å². The number of hydrogen-bond acceptors (Lipinski definition) is 8. The van der Waals surface area contributed by atoms with Gasteiger partial charge in [0, 0.05) is 44.0 Å². The molecule has 1 saturated carbocycles. The van der Waals surface area contributed by atoms with Gasteiger partial charge in [-0.2, -0.15) is 0 Å². The van der Waals surface area contributed by atoms with Gasteiger partial charge in [-0.05, 0) is 57.1 Å². The van der Waals surface area contributed by atoms with Gasteiger partial charge in [-0.3, -0.25) is 4.79 Å². The summed E-state index contributed by atoms with van der Waals surface area (Å²) in [6, 6.07) is 8.38. The van der Waals surface area contributed by atoms with E-state index in [-0.39, 0.29) is 24.9 Å². The molecule has 1 aromatic carbocycles. The van der Waals surface area contributed by atoms with Gasteiger partial charge in [0.05, 0.1) is 35.7 Å². The Kier molecular flexibility index (Phi) is 8.01. The van der Waals surface area contributed by atoms with Gasteiger partial charge in [0.15, 0.2) is 5.82 Å². The van der Waals surface area contributed by atoms with Crippen LogP contribution in [0.1, 0.15) is 51.1 Å². The molecule has 2 saturated heterocycles. The lowest BCUT2D eigenvalue weighted by molar-refractivity contribution is -0.234. The van der Waals surface area contributed by atoms with Crippen LogP contribution in [0.4, 0.5) is 10.3 Å². The number of carbonyl (C=O) groups is 1. The highest BCUT2D eigenvalue weighted by molar-refractivity contribution is 5.83. The number of benzene rings is 1. The summed E-state index contributed by atoms with van der Waals surface area (Å²) in [6.07, 6.45) is 6.84. The summed E-state index contributed by atoms with van der Waals surface area (Å²) in [6.45, 7) is 5.44. The zero-order chi connectivity index (χ0) is 28.4. The van der Waals surface area contributed by atoms with Gasteiger partial charge in [-0.15, -0.1) is 0 Å². The van der Waals surface area contributed by atoms with Crippen molar-refractivity contribution in [1.82, 2.24) is 29.7 Å². The summed E-state index contributed by atoms with van der Waals surface area (Å²) in [7, 11) is 2.06. The molecule has 3 aliphatic rings. The first-order valence-corrected chi connectivity index (χ1v) is 14.5. The van der Waals surface area contributed by atoms with E-state index in [0.717, 1.165) is 31.5 Å². The zero-order valence-corrected chi connectivity index (χ0v) is 23.7. The molecule has 2 aliphatic heterocycles. The van der Waals surface area contributed by atoms with Crippen molar-refractivity contribution in [2.45, 2.75) is 51.4 Å². The van der Waals surface area contributed by atoms with E-state index in [0.29, 0.717) is 48.0 Å². The Morgan fingerprint density at radius 2 is 1.73 bits per heavy atom. The molecule has 218 valence electrons. The van der Waals surface area contributed by atoms with Crippen LogP contribution in [0.15, 0.2) is 36.5 Å². The molecule has 3 aromatic rings. The SMILES string of the molecule is CN1CCN(C(=O)C2(C)COC(c3nc(-c4ccc(F)cc4)c(-c4ccnc(NC5CCCCC5)n4)[nH]3)OC2)CC1. The third-order valence-electron chi connectivity index (χ3n) is 8.33. The fraction of sp³-hybridized carbons (Fsp3) is 0.533. The molecular formula is C30H38FN7O3. The van der Waals surface area contributed by atoms with E-state index in [1.807, 2.05) is 17.9 Å². The van der Waals surface area contributed by atoms with E-state index in [2.05, 4.69) is 27.2 Å². The van der Waals surface area contributed by atoms with Crippen LogP contribution >= 0.6 is 0 Å². The topological polar surface area (TPSA) is 109 Å². The number of piperazine rings is 1. The minimum Gasteiger partial charge on any atom is -0.351 e. The van der Waals surface area contributed by atoms with Gasteiger partial charge in [0.1, 0.15) is 5.82 Å². The van der Waals surface area contributed by atoms with Gasteiger partial charge in [0.25, 0.3) is 0 Å². The first kappa shape index (κ1) is 27.7. The number of nitrogens with one attached hydrogen (secondary N) is 2. The normalized spacial score (nSPS) is 24.4. The second-order valence-electron chi connectivity index (χ2n) is 11.7. The molecule has 1 aliphatic carbocycles. The monoisotopic (exact) mass is 563 g/mol. The number of amides is 1. The summed E-state index contributed by atoms with van der Waals surface area (Å²) in [5.74, 6) is 0.762. The van der Waals surface area contributed by atoms with Crippen molar-refractivity contribution in [1.29, 1.82) is 0 Å². The highest BCUT2D eigenvalue weighted by Gasteiger charge is 2.43. The molecule has 3 fully saturated rings. The molecule has 41 heavy (non-hydrogen) atoms. The molecule has 11 heteroatoms. The summed E-state index contributed by atoms with van der Waals surface area (Å²) in [4.78, 5) is 34.9. The number of hydrogen-bond donors (Lipinski definition) is 2. The Labute approximate surface area is 239 Å². The minimum atomic E-state index is -0.780. The van der Waals surface area contributed by atoms with E-state index in [1.165, 1.54) is 31.4 Å². The largest absolute Gasteiger partial charge is 0.351 e. The quantitative estimate of drug-likeness (QED) is 0.459. The predicted octanol–water partition coefficient (Wildman–Crippen LogP) is 4.24. The number of H-pyrrole nitrogens is 1. The zero-order valence-electron chi connectivity index (χ0n) is 23.7. The molecule has 0 spiro atoms. The van der Waals surface area contributed by atoms with E-state index in [1.54, 1.807) is 18.3 Å². The van der Waals surface area contributed by atoms with E-state index in [9.17, 15) is 9.18 Å². The van der Waals surface area contributed by atoms with Crippen molar-refractivity contribution in [2.75, 3.05) is 51.8 Å². The molecule has 2 aromatic heterocycles. The lowest BCUT2D eigenvalue weighted by Gasteiger charge is -2.41. The van der Waals surface area contributed by atoms with E-state index >= 15 is 0 Å². The second kappa shape index (κ2) is 11.8. The number of ether oxygens (including phenoxy) is 2. The van der Waals surface area contributed by atoms with Crippen LogP contribution in [0.25, 0.3) is 22.6 Å². The molecule has 0 radical (unpaired) electrons. The number of aromatic nitrogens is 4. The van der Waals surface area contributed by atoms with E-state index in [4.69, 9.17) is 19.4 Å². The van der Waals surface area contributed by atoms with Crippen LogP contribution in [0.3, 0.4) is 0 Å². The number of aromatic amines is 1. The first-order valence-electron chi connectivity index (χ1n) is 14.5. The van der Waals surface area contributed by atoms with Crippen molar-refractivity contribution < 1.29 is 18.7 Å². The van der Waals surface area contributed by atoms with Crippen LogP contribution < -0.4 is 5.32 Å². The first-order chi connectivity index (χ1) is 19.9. The van der Waals surface area contributed by atoms with E-state index < -0.39 is 11.7 Å². The number of likely N-dealkylation sites (N-methyl/N-ethyl adjacent to an activating group) is 1. The molecule has 6 rings (SSSR count). The Balaban J connectivity index is 1.23. The van der Waals surface area contributed by atoms with Gasteiger partial charge in [0.2, 0.25) is 18.1 Å². The van der Waals surface area contributed by atoms with Crippen LogP contribution in [-0.4, -0.2) is 88.1 Å². The Morgan fingerprint density at radius 3 is 2.44 bits per heavy atom. The maximum absolute atomic E-state index is 13.8. The number of halogens is 1. The lowest BCUT2D eigenvalue weighted by atomic mass is 9.90. The van der Waals surface area contributed by atoms with Crippen molar-refractivity contribution >= 4 is 11.9 Å². The summed E-state index contributed by atoms with van der Waals surface area (Å²) >= 11 is 0. The molecule has 0 bridgehead atoms. The second-order valence-corrected chi connectivity index (χ2v) is 11.7. The van der Waals surface area contributed by atoms with Crippen LogP contribution in [0, 0.1) is 11.2 Å². The standard InChI is InChI=1S/C30H38FN7O3/c1-30(28(39)38-16-14-37(2)15-17-38)18-40-27(41-19-30)26-35-24(20-8-10-21(31)11-9-20)25(36-26)23-12-13-32-29(34-23)33-22-6-4-3-5-7-22/h8-13,22,27H,3-7,14-19H2,1-2H3,(H,35,36)(H,32,33,34). The number of carbonyl (C=O) groups excluding carboxylic acids is 1. The number of nitrogens with zero attached hydrogens (tertiary/aromatic N) is 5. The van der Waals surface area contributed by atoms with Crippen LogP contribution in [0.2, 0.25) is 0 Å². The lowest BCUT2D eigenvalue weighted by Crippen LogP contribution is -2.55. The van der Waals surface area contributed by atoms with Gasteiger partial charge in [-0.25, -0.2) is 19.3 Å². The highest BCUT2D eigenvalue weighted by Crippen LogP contribution is 2.36. The fourth-order valence-electron chi connectivity index (χ4n) is 5.78. The molecule has 10 nitrogen and oxygen atoms in total. The Hall–Kier alpha value is -3.41. The fourth-order valence-corrected chi connectivity index (χ4v) is 5.78. The average Bonchev–Trinajstić information content (AvgIpc) is 3.44. The maximum atomic E-state index is 13.8. The Morgan fingerprint density at radius 1 is 1.02 bits per heavy atom. The van der Waals surface area contributed by atoms with Gasteiger partial charge < -0.3 is 29.6 Å². The molecule has 1 amide bonds. The predicted molar refractivity (Wildman–Crippen MR) is 152 cm³/mol. The highest BCUT2D eigenvalue weighted by atomic mass is 19.1. The van der Waals surface area contributed by atoms with Crippen molar-refractivity contribution in [3.05, 3.63) is 48.2 Å².